The van der Waals surface area contributed by atoms with E-state index in [1.807, 2.05) is 6.07 Å². The Morgan fingerprint density at radius 2 is 2.19 bits per heavy atom. The van der Waals surface area contributed by atoms with E-state index >= 15 is 0 Å². The quantitative estimate of drug-likeness (QED) is 0.839. The molecule has 1 aliphatic rings. The van der Waals surface area contributed by atoms with Gasteiger partial charge in [-0.05, 0) is 52.0 Å². The van der Waals surface area contributed by atoms with Crippen LogP contribution in [0.5, 0.6) is 0 Å². The molecule has 0 aromatic heterocycles. The van der Waals surface area contributed by atoms with Gasteiger partial charge in [-0.2, -0.15) is 0 Å². The third kappa shape index (κ3) is 4.50. The zero-order chi connectivity index (χ0) is 15.2. The number of benzene rings is 1. The van der Waals surface area contributed by atoms with Gasteiger partial charge in [0.2, 0.25) is 0 Å². The molecule has 0 aliphatic carbocycles. The van der Waals surface area contributed by atoms with Crippen molar-refractivity contribution >= 4 is 0 Å². The Hall–Kier alpha value is -0.970. The Morgan fingerprint density at radius 1 is 1.43 bits per heavy atom. The highest BCUT2D eigenvalue weighted by Crippen LogP contribution is 2.20. The molecule has 1 heterocycles. The average molecular weight is 293 g/mol. The van der Waals surface area contributed by atoms with Crippen LogP contribution in [0.3, 0.4) is 0 Å². The highest BCUT2D eigenvalue weighted by molar-refractivity contribution is 5.20. The molecular weight excluding hydrogens is 265 g/mol. The second-order valence-corrected chi connectivity index (χ2v) is 6.10. The summed E-state index contributed by atoms with van der Waals surface area (Å²) in [4.78, 5) is 4.88. The van der Waals surface area contributed by atoms with Crippen LogP contribution in [0.15, 0.2) is 24.3 Å². The smallest absolute Gasteiger partial charge is 0.127 e. The van der Waals surface area contributed by atoms with E-state index < -0.39 is 0 Å². The third-order valence-corrected chi connectivity index (χ3v) is 4.55. The van der Waals surface area contributed by atoms with Crippen LogP contribution in [0.2, 0.25) is 0 Å². The summed E-state index contributed by atoms with van der Waals surface area (Å²) in [6.45, 7) is 6.57. The molecule has 2 rings (SSSR count). The molecule has 0 amide bonds. The van der Waals surface area contributed by atoms with Crippen LogP contribution < -0.4 is 5.73 Å². The zero-order valence-corrected chi connectivity index (χ0v) is 13.3. The van der Waals surface area contributed by atoms with Crippen LogP contribution in [0, 0.1) is 5.82 Å². The van der Waals surface area contributed by atoms with E-state index in [4.69, 9.17) is 5.73 Å². The summed E-state index contributed by atoms with van der Waals surface area (Å²) in [7, 11) is 2.14. The molecule has 1 aromatic carbocycles. The van der Waals surface area contributed by atoms with Crippen molar-refractivity contribution in [3.8, 4) is 0 Å². The van der Waals surface area contributed by atoms with E-state index in [1.165, 1.54) is 25.5 Å². The van der Waals surface area contributed by atoms with Gasteiger partial charge in [0.15, 0.2) is 0 Å². The minimum absolute atomic E-state index is 0.194. The lowest BCUT2D eigenvalue weighted by molar-refractivity contribution is 0.195. The summed E-state index contributed by atoms with van der Waals surface area (Å²) in [6, 6.07) is 7.27. The molecule has 21 heavy (non-hydrogen) atoms. The molecule has 2 atom stereocenters. The summed E-state index contributed by atoms with van der Waals surface area (Å²) >= 11 is 0. The van der Waals surface area contributed by atoms with E-state index in [0.29, 0.717) is 11.6 Å². The summed E-state index contributed by atoms with van der Waals surface area (Å²) < 4.78 is 13.7. The van der Waals surface area contributed by atoms with E-state index in [0.717, 1.165) is 26.1 Å². The van der Waals surface area contributed by atoms with Crippen molar-refractivity contribution < 1.29 is 4.39 Å². The standard InChI is InChI=1S/C17H28FN3/c1-3-21-11-6-7-14(21)13-20(2)12-10-17(19)15-8-4-5-9-16(15)18/h4-5,8-9,14,17H,3,6-7,10-13,19H2,1-2H3. The monoisotopic (exact) mass is 293 g/mol. The topological polar surface area (TPSA) is 32.5 Å². The van der Waals surface area contributed by atoms with Gasteiger partial charge in [-0.3, -0.25) is 4.90 Å². The number of likely N-dealkylation sites (tertiary alicyclic amines) is 1. The lowest BCUT2D eigenvalue weighted by Crippen LogP contribution is -2.39. The van der Waals surface area contributed by atoms with Gasteiger partial charge in [-0.15, -0.1) is 0 Å². The molecule has 1 fully saturated rings. The fourth-order valence-electron chi connectivity index (χ4n) is 3.26. The Kier molecular flexibility index (Phi) is 6.15. The largest absolute Gasteiger partial charge is 0.324 e. The first-order valence-corrected chi connectivity index (χ1v) is 8.04. The molecule has 3 nitrogen and oxygen atoms in total. The Labute approximate surface area is 127 Å². The first-order valence-electron chi connectivity index (χ1n) is 8.04. The number of nitrogens with zero attached hydrogens (tertiary/aromatic N) is 2. The van der Waals surface area contributed by atoms with E-state index in [9.17, 15) is 4.39 Å². The summed E-state index contributed by atoms with van der Waals surface area (Å²) in [5.74, 6) is -0.194. The van der Waals surface area contributed by atoms with Crippen molar-refractivity contribution in [3.63, 3.8) is 0 Å². The maximum absolute atomic E-state index is 13.7. The molecule has 2 N–H and O–H groups in total. The zero-order valence-electron chi connectivity index (χ0n) is 13.3. The second kappa shape index (κ2) is 7.87. The van der Waals surface area contributed by atoms with Crippen molar-refractivity contribution in [3.05, 3.63) is 35.6 Å². The molecule has 1 saturated heterocycles. The molecule has 1 aliphatic heterocycles. The number of hydrogen-bond acceptors (Lipinski definition) is 3. The average Bonchev–Trinajstić information content (AvgIpc) is 2.92. The first kappa shape index (κ1) is 16.4. The Balaban J connectivity index is 1.78. The van der Waals surface area contributed by atoms with Crippen LogP contribution in [0.1, 0.15) is 37.8 Å². The van der Waals surface area contributed by atoms with Crippen molar-refractivity contribution in [1.29, 1.82) is 0 Å². The number of nitrogens with two attached hydrogens (primary N) is 1. The van der Waals surface area contributed by atoms with Crippen LogP contribution >= 0.6 is 0 Å². The SMILES string of the molecule is CCN1CCCC1CN(C)CCC(N)c1ccccc1F. The third-order valence-electron chi connectivity index (χ3n) is 4.55. The molecule has 0 spiro atoms. The van der Waals surface area contributed by atoms with E-state index in [2.05, 4.69) is 23.8 Å². The van der Waals surface area contributed by atoms with Crippen molar-refractivity contribution in [2.45, 2.75) is 38.3 Å². The van der Waals surface area contributed by atoms with E-state index in [-0.39, 0.29) is 11.9 Å². The highest BCUT2D eigenvalue weighted by atomic mass is 19.1. The van der Waals surface area contributed by atoms with Gasteiger partial charge in [0, 0.05) is 24.2 Å². The van der Waals surface area contributed by atoms with Gasteiger partial charge in [0.05, 0.1) is 0 Å². The maximum atomic E-state index is 13.7. The van der Waals surface area contributed by atoms with Crippen LogP contribution in [0.25, 0.3) is 0 Å². The number of hydrogen-bond donors (Lipinski definition) is 1. The normalized spacial score (nSPS) is 21.1. The van der Waals surface area contributed by atoms with Gasteiger partial charge in [-0.25, -0.2) is 4.39 Å². The van der Waals surface area contributed by atoms with Crippen molar-refractivity contribution in [2.75, 3.05) is 33.2 Å². The molecule has 0 bridgehead atoms. The van der Waals surface area contributed by atoms with Crippen molar-refractivity contribution in [2.24, 2.45) is 5.73 Å². The molecular formula is C17H28FN3. The van der Waals surface area contributed by atoms with E-state index in [1.54, 1.807) is 12.1 Å². The van der Waals surface area contributed by atoms with Gasteiger partial charge in [-0.1, -0.05) is 25.1 Å². The molecule has 0 radical (unpaired) electrons. The molecule has 0 saturated carbocycles. The lowest BCUT2D eigenvalue weighted by Gasteiger charge is -2.28. The Morgan fingerprint density at radius 3 is 2.90 bits per heavy atom. The van der Waals surface area contributed by atoms with Crippen LogP contribution in [0.4, 0.5) is 4.39 Å². The second-order valence-electron chi connectivity index (χ2n) is 6.10. The summed E-state index contributed by atoms with van der Waals surface area (Å²) in [5, 5.41) is 0. The summed E-state index contributed by atoms with van der Waals surface area (Å²) in [6.07, 6.45) is 3.38. The maximum Gasteiger partial charge on any atom is 0.127 e. The minimum Gasteiger partial charge on any atom is -0.324 e. The lowest BCUT2D eigenvalue weighted by atomic mass is 10.0. The molecule has 1 aromatic rings. The van der Waals surface area contributed by atoms with Crippen LogP contribution in [-0.4, -0.2) is 49.1 Å². The number of halogens is 1. The Bertz CT molecular complexity index is 438. The predicted molar refractivity (Wildman–Crippen MR) is 85.7 cm³/mol. The fourth-order valence-corrected chi connectivity index (χ4v) is 3.26. The number of rotatable bonds is 7. The fraction of sp³-hybridized carbons (Fsp3) is 0.647. The molecule has 4 heteroatoms. The molecule has 118 valence electrons. The first-order chi connectivity index (χ1) is 10.1. The summed E-state index contributed by atoms with van der Waals surface area (Å²) in [5.41, 5.74) is 6.76. The number of likely N-dealkylation sites (N-methyl/N-ethyl adjacent to an activating group) is 2. The molecule has 2 unspecified atom stereocenters. The minimum atomic E-state index is -0.223. The van der Waals surface area contributed by atoms with Gasteiger partial charge in [0.1, 0.15) is 5.82 Å². The van der Waals surface area contributed by atoms with Gasteiger partial charge < -0.3 is 10.6 Å². The van der Waals surface area contributed by atoms with Gasteiger partial charge in [0.25, 0.3) is 0 Å². The van der Waals surface area contributed by atoms with Crippen LogP contribution in [-0.2, 0) is 0 Å². The predicted octanol–water partition coefficient (Wildman–Crippen LogP) is 2.63. The highest BCUT2D eigenvalue weighted by Gasteiger charge is 2.24. The van der Waals surface area contributed by atoms with Crippen molar-refractivity contribution in [1.82, 2.24) is 9.80 Å². The van der Waals surface area contributed by atoms with Gasteiger partial charge >= 0.3 is 0 Å².